The number of hydrogen-bond donors (Lipinski definition) is 1. The molecule has 0 bridgehead atoms. The normalized spacial score (nSPS) is 16.5. The van der Waals surface area contributed by atoms with Gasteiger partial charge in [-0.1, -0.05) is 0 Å². The average Bonchev–Trinajstić information content (AvgIpc) is 2.37. The summed E-state index contributed by atoms with van der Waals surface area (Å²) in [5, 5.41) is 11.5. The first-order chi connectivity index (χ1) is 8.27. The van der Waals surface area contributed by atoms with Crippen molar-refractivity contribution in [1.82, 2.24) is 10.2 Å². The van der Waals surface area contributed by atoms with Gasteiger partial charge in [0.2, 0.25) is 0 Å². The molecule has 1 aliphatic rings. The van der Waals surface area contributed by atoms with Crippen molar-refractivity contribution in [3.63, 3.8) is 0 Å². The van der Waals surface area contributed by atoms with E-state index >= 15 is 0 Å². The predicted octanol–water partition coefficient (Wildman–Crippen LogP) is -0.511. The molecule has 1 aliphatic heterocycles. The van der Waals surface area contributed by atoms with Crippen molar-refractivity contribution in [2.45, 2.75) is 0 Å². The first kappa shape index (κ1) is 13.5. The summed E-state index contributed by atoms with van der Waals surface area (Å²) >= 11 is 0. The van der Waals surface area contributed by atoms with Crippen molar-refractivity contribution in [3.8, 4) is 6.07 Å². The fraction of sp³-hybridized carbons (Fsp3) is 0.636. The number of rotatable bonds is 5. The fourth-order valence-corrected chi connectivity index (χ4v) is 1.39. The maximum Gasteiger partial charge on any atom is 0.263 e. The maximum absolute atomic E-state index is 11.6. The van der Waals surface area contributed by atoms with Gasteiger partial charge in [-0.3, -0.25) is 4.79 Å². The molecule has 0 spiro atoms. The van der Waals surface area contributed by atoms with Crippen LogP contribution in [-0.2, 0) is 14.3 Å². The standard InChI is InChI=1S/C11H17N3O3/c1-16-5-2-13-11(15)10(8-12)9-14-3-6-17-7-4-14/h9H,2-7H2,1H3,(H,13,15). The van der Waals surface area contributed by atoms with Crippen molar-refractivity contribution in [1.29, 1.82) is 5.26 Å². The smallest absolute Gasteiger partial charge is 0.263 e. The molecule has 17 heavy (non-hydrogen) atoms. The van der Waals surface area contributed by atoms with Crippen molar-refractivity contribution in [3.05, 3.63) is 11.8 Å². The molecule has 0 aromatic heterocycles. The van der Waals surface area contributed by atoms with Gasteiger partial charge in [-0.2, -0.15) is 5.26 Å². The Kier molecular flexibility index (Phi) is 6.07. The van der Waals surface area contributed by atoms with Crippen LogP contribution in [0.15, 0.2) is 11.8 Å². The molecule has 0 saturated carbocycles. The quantitative estimate of drug-likeness (QED) is 0.397. The Hall–Kier alpha value is -1.58. The van der Waals surface area contributed by atoms with Crippen LogP contribution in [0.1, 0.15) is 0 Å². The SMILES string of the molecule is COCCNC(=O)C(C#N)=CN1CCOCC1. The Morgan fingerprint density at radius 2 is 2.29 bits per heavy atom. The van der Waals surface area contributed by atoms with E-state index in [1.54, 1.807) is 13.3 Å². The zero-order valence-electron chi connectivity index (χ0n) is 9.94. The first-order valence-corrected chi connectivity index (χ1v) is 5.48. The summed E-state index contributed by atoms with van der Waals surface area (Å²) in [6.07, 6.45) is 1.59. The Labute approximate surface area is 101 Å². The minimum absolute atomic E-state index is 0.114. The van der Waals surface area contributed by atoms with Gasteiger partial charge in [0.05, 0.1) is 19.8 Å². The first-order valence-electron chi connectivity index (χ1n) is 5.48. The summed E-state index contributed by atoms with van der Waals surface area (Å²) < 4.78 is 10.00. The largest absolute Gasteiger partial charge is 0.383 e. The number of methoxy groups -OCH3 is 1. The lowest BCUT2D eigenvalue weighted by atomic mass is 10.3. The van der Waals surface area contributed by atoms with Gasteiger partial charge >= 0.3 is 0 Å². The van der Waals surface area contributed by atoms with Gasteiger partial charge in [-0.25, -0.2) is 0 Å². The number of nitrogens with one attached hydrogen (secondary N) is 1. The van der Waals surface area contributed by atoms with Gasteiger partial charge in [0, 0.05) is 32.9 Å². The van der Waals surface area contributed by atoms with Crippen LogP contribution >= 0.6 is 0 Å². The number of carbonyl (C=O) groups is 1. The molecule has 1 saturated heterocycles. The van der Waals surface area contributed by atoms with Gasteiger partial charge in [0.15, 0.2) is 0 Å². The highest BCUT2D eigenvalue weighted by atomic mass is 16.5. The number of carbonyl (C=O) groups excluding carboxylic acids is 1. The van der Waals surface area contributed by atoms with Gasteiger partial charge in [-0.15, -0.1) is 0 Å². The summed E-state index contributed by atoms with van der Waals surface area (Å²) in [7, 11) is 1.56. The minimum Gasteiger partial charge on any atom is -0.383 e. The summed E-state index contributed by atoms with van der Waals surface area (Å²) in [4.78, 5) is 13.5. The Balaban J connectivity index is 2.48. The van der Waals surface area contributed by atoms with Crippen LogP contribution in [0.2, 0.25) is 0 Å². The van der Waals surface area contributed by atoms with Crippen molar-refractivity contribution < 1.29 is 14.3 Å². The van der Waals surface area contributed by atoms with E-state index in [9.17, 15) is 4.79 Å². The molecule has 0 aromatic carbocycles. The molecule has 1 fully saturated rings. The van der Waals surface area contributed by atoms with Crippen molar-refractivity contribution in [2.24, 2.45) is 0 Å². The van der Waals surface area contributed by atoms with E-state index < -0.39 is 0 Å². The van der Waals surface area contributed by atoms with Gasteiger partial charge in [-0.05, 0) is 0 Å². The molecular weight excluding hydrogens is 222 g/mol. The Morgan fingerprint density at radius 1 is 1.59 bits per heavy atom. The molecule has 1 amide bonds. The second-order valence-corrected chi connectivity index (χ2v) is 3.55. The molecule has 6 heteroatoms. The fourth-order valence-electron chi connectivity index (χ4n) is 1.39. The van der Waals surface area contributed by atoms with Gasteiger partial charge < -0.3 is 19.7 Å². The third-order valence-corrected chi connectivity index (χ3v) is 2.31. The van der Waals surface area contributed by atoms with Gasteiger partial charge in [0.1, 0.15) is 11.6 Å². The monoisotopic (exact) mass is 239 g/mol. The molecular formula is C11H17N3O3. The highest BCUT2D eigenvalue weighted by Gasteiger charge is 2.12. The minimum atomic E-state index is -0.365. The van der Waals surface area contributed by atoms with E-state index in [4.69, 9.17) is 14.7 Å². The molecule has 0 aromatic rings. The highest BCUT2D eigenvalue weighted by Crippen LogP contribution is 2.02. The Bertz CT molecular complexity index is 316. The lowest BCUT2D eigenvalue weighted by Gasteiger charge is -2.25. The zero-order valence-corrected chi connectivity index (χ0v) is 9.94. The van der Waals surface area contributed by atoms with E-state index in [2.05, 4.69) is 5.32 Å². The maximum atomic E-state index is 11.6. The molecule has 1 N–H and O–H groups in total. The molecule has 0 unspecified atom stereocenters. The number of nitrogens with zero attached hydrogens (tertiary/aromatic N) is 2. The van der Waals surface area contributed by atoms with E-state index in [1.165, 1.54) is 0 Å². The summed E-state index contributed by atoms with van der Waals surface area (Å²) in [6.45, 7) is 3.49. The zero-order chi connectivity index (χ0) is 12.5. The number of amides is 1. The van der Waals surface area contributed by atoms with Crippen molar-refractivity contribution in [2.75, 3.05) is 46.6 Å². The van der Waals surface area contributed by atoms with Crippen LogP contribution in [0.4, 0.5) is 0 Å². The van der Waals surface area contributed by atoms with Crippen LogP contribution in [0, 0.1) is 11.3 Å². The lowest BCUT2D eigenvalue weighted by molar-refractivity contribution is -0.117. The van der Waals surface area contributed by atoms with E-state index in [0.717, 1.165) is 0 Å². The van der Waals surface area contributed by atoms with Crippen LogP contribution in [0.3, 0.4) is 0 Å². The van der Waals surface area contributed by atoms with Crippen molar-refractivity contribution >= 4 is 5.91 Å². The second-order valence-electron chi connectivity index (χ2n) is 3.55. The van der Waals surface area contributed by atoms with Crippen LogP contribution in [0.5, 0.6) is 0 Å². The molecule has 94 valence electrons. The number of nitriles is 1. The number of hydrogen-bond acceptors (Lipinski definition) is 5. The predicted molar refractivity (Wildman–Crippen MR) is 61.0 cm³/mol. The molecule has 1 heterocycles. The van der Waals surface area contributed by atoms with Crippen LogP contribution in [0.25, 0.3) is 0 Å². The second kappa shape index (κ2) is 7.65. The molecule has 6 nitrogen and oxygen atoms in total. The van der Waals surface area contributed by atoms with Crippen LogP contribution in [-0.4, -0.2) is 57.4 Å². The Morgan fingerprint density at radius 3 is 2.88 bits per heavy atom. The van der Waals surface area contributed by atoms with E-state index in [1.807, 2.05) is 11.0 Å². The molecule has 0 aliphatic carbocycles. The van der Waals surface area contributed by atoms with E-state index in [0.29, 0.717) is 39.5 Å². The number of morpholine rings is 1. The number of ether oxygens (including phenoxy) is 2. The topological polar surface area (TPSA) is 74.6 Å². The summed E-state index contributed by atoms with van der Waals surface area (Å²) in [5.41, 5.74) is 0.114. The molecule has 0 radical (unpaired) electrons. The molecule has 0 atom stereocenters. The van der Waals surface area contributed by atoms with Crippen LogP contribution < -0.4 is 5.32 Å². The lowest BCUT2D eigenvalue weighted by Crippen LogP contribution is -2.34. The summed E-state index contributed by atoms with van der Waals surface area (Å²) in [6, 6.07) is 1.90. The average molecular weight is 239 g/mol. The third kappa shape index (κ3) is 4.85. The van der Waals surface area contributed by atoms with E-state index in [-0.39, 0.29) is 11.5 Å². The molecule has 1 rings (SSSR count). The summed E-state index contributed by atoms with van der Waals surface area (Å²) in [5.74, 6) is -0.365. The third-order valence-electron chi connectivity index (χ3n) is 2.31. The van der Waals surface area contributed by atoms with Gasteiger partial charge in [0.25, 0.3) is 5.91 Å². The highest BCUT2D eigenvalue weighted by molar-refractivity contribution is 5.97.